The van der Waals surface area contributed by atoms with Crippen molar-refractivity contribution in [1.29, 1.82) is 0 Å². The summed E-state index contributed by atoms with van der Waals surface area (Å²) in [5.41, 5.74) is 1.56. The van der Waals surface area contributed by atoms with Crippen LogP contribution in [0.25, 0.3) is 0 Å². The smallest absolute Gasteiger partial charge is 0.307 e. The quantitative estimate of drug-likeness (QED) is 0.849. The largest absolute Gasteiger partial charge is 0.466 e. The third-order valence-electron chi connectivity index (χ3n) is 2.36. The normalized spacial score (nSPS) is 9.94. The van der Waals surface area contributed by atoms with Crippen molar-refractivity contribution in [3.05, 3.63) is 33.8 Å². The molecule has 0 spiro atoms. The molecule has 0 radical (unpaired) electrons. The first kappa shape index (κ1) is 14.7. The minimum atomic E-state index is -0.305. The van der Waals surface area contributed by atoms with Gasteiger partial charge in [0.2, 0.25) is 0 Å². The monoisotopic (exact) mass is 313 g/mol. The van der Waals surface area contributed by atoms with Crippen LogP contribution in [0, 0.1) is 6.92 Å². The summed E-state index contributed by atoms with van der Waals surface area (Å²) in [5.74, 6) is -0.504. The molecule has 0 aliphatic rings. The second-order valence-electron chi connectivity index (χ2n) is 3.75. The van der Waals surface area contributed by atoms with E-state index in [-0.39, 0.29) is 24.8 Å². The minimum Gasteiger partial charge on any atom is -0.466 e. The lowest BCUT2D eigenvalue weighted by Crippen LogP contribution is -2.27. The summed E-state index contributed by atoms with van der Waals surface area (Å²) in [6, 6.07) is 5.47. The van der Waals surface area contributed by atoms with Gasteiger partial charge in [-0.05, 0) is 41.4 Å². The average molecular weight is 314 g/mol. The van der Waals surface area contributed by atoms with Crippen LogP contribution in [0.1, 0.15) is 29.3 Å². The summed E-state index contributed by atoms with van der Waals surface area (Å²) >= 11 is 3.37. The van der Waals surface area contributed by atoms with Crippen LogP contribution in [-0.2, 0) is 9.53 Å². The van der Waals surface area contributed by atoms with Crippen molar-refractivity contribution in [1.82, 2.24) is 5.32 Å². The molecule has 0 atom stereocenters. The van der Waals surface area contributed by atoms with Crippen LogP contribution in [0.5, 0.6) is 0 Å². The van der Waals surface area contributed by atoms with Gasteiger partial charge in [0.05, 0.1) is 18.6 Å². The molecule has 0 saturated heterocycles. The van der Waals surface area contributed by atoms with Crippen molar-refractivity contribution in [2.75, 3.05) is 13.2 Å². The van der Waals surface area contributed by atoms with Gasteiger partial charge in [0.1, 0.15) is 0 Å². The van der Waals surface area contributed by atoms with E-state index in [0.717, 1.165) is 10.0 Å². The number of hydrogen-bond donors (Lipinski definition) is 1. The predicted molar refractivity (Wildman–Crippen MR) is 72.5 cm³/mol. The topological polar surface area (TPSA) is 55.4 Å². The van der Waals surface area contributed by atoms with Crippen LogP contribution in [-0.4, -0.2) is 25.0 Å². The molecule has 0 saturated carbocycles. The van der Waals surface area contributed by atoms with Crippen molar-refractivity contribution < 1.29 is 14.3 Å². The Labute approximate surface area is 115 Å². The van der Waals surface area contributed by atoms with Crippen molar-refractivity contribution in [3.8, 4) is 0 Å². The molecule has 0 heterocycles. The van der Waals surface area contributed by atoms with Gasteiger partial charge in [-0.15, -0.1) is 0 Å². The van der Waals surface area contributed by atoms with Gasteiger partial charge in [-0.25, -0.2) is 0 Å². The molecule has 0 fully saturated rings. The number of ether oxygens (including phenoxy) is 1. The van der Waals surface area contributed by atoms with Gasteiger partial charge < -0.3 is 10.1 Å². The molecule has 18 heavy (non-hydrogen) atoms. The van der Waals surface area contributed by atoms with Crippen molar-refractivity contribution >= 4 is 27.8 Å². The highest BCUT2D eigenvalue weighted by Gasteiger charge is 2.11. The average Bonchev–Trinajstić information content (AvgIpc) is 2.33. The molecule has 1 aromatic rings. The first-order valence-electron chi connectivity index (χ1n) is 5.75. The number of benzene rings is 1. The summed E-state index contributed by atoms with van der Waals surface area (Å²) in [6.07, 6.45) is 0.184. The number of amides is 1. The Morgan fingerprint density at radius 1 is 1.39 bits per heavy atom. The zero-order valence-corrected chi connectivity index (χ0v) is 12.0. The van der Waals surface area contributed by atoms with Gasteiger partial charge in [-0.2, -0.15) is 0 Å². The Balaban J connectivity index is 2.51. The Hall–Kier alpha value is -1.36. The fraction of sp³-hybridized carbons (Fsp3) is 0.385. The molecule has 0 bridgehead atoms. The van der Waals surface area contributed by atoms with Gasteiger partial charge in [0, 0.05) is 11.0 Å². The fourth-order valence-corrected chi connectivity index (χ4v) is 1.87. The Bertz CT molecular complexity index is 446. The number of halogens is 1. The first-order chi connectivity index (χ1) is 8.56. The summed E-state index contributed by atoms with van der Waals surface area (Å²) in [5, 5.41) is 2.69. The molecule has 1 rings (SSSR count). The maximum absolute atomic E-state index is 11.9. The van der Waals surface area contributed by atoms with E-state index >= 15 is 0 Å². The van der Waals surface area contributed by atoms with Crippen LogP contribution >= 0.6 is 15.9 Å². The molecule has 0 aliphatic carbocycles. The Morgan fingerprint density at radius 3 is 2.78 bits per heavy atom. The van der Waals surface area contributed by atoms with E-state index in [0.29, 0.717) is 12.2 Å². The number of rotatable bonds is 5. The molecule has 98 valence electrons. The minimum absolute atomic E-state index is 0.184. The zero-order valence-electron chi connectivity index (χ0n) is 10.5. The van der Waals surface area contributed by atoms with Gasteiger partial charge >= 0.3 is 5.97 Å². The standard InChI is InChI=1S/C13H16BrNO3/c1-3-18-11(16)7-8-15-13(17)10-6-4-5-9(2)12(10)14/h4-6H,3,7-8H2,1-2H3,(H,15,17). The molecule has 0 aromatic heterocycles. The van der Waals surface area contributed by atoms with E-state index in [4.69, 9.17) is 4.74 Å². The molecular formula is C13H16BrNO3. The molecule has 1 N–H and O–H groups in total. The van der Waals surface area contributed by atoms with E-state index in [2.05, 4.69) is 21.2 Å². The first-order valence-corrected chi connectivity index (χ1v) is 6.54. The van der Waals surface area contributed by atoms with Crippen molar-refractivity contribution in [2.24, 2.45) is 0 Å². The number of aryl methyl sites for hydroxylation is 1. The van der Waals surface area contributed by atoms with Crippen molar-refractivity contribution in [3.63, 3.8) is 0 Å². The lowest BCUT2D eigenvalue weighted by atomic mass is 10.1. The molecular weight excluding hydrogens is 298 g/mol. The van der Waals surface area contributed by atoms with E-state index in [9.17, 15) is 9.59 Å². The maximum Gasteiger partial charge on any atom is 0.307 e. The number of carbonyl (C=O) groups is 2. The highest BCUT2D eigenvalue weighted by atomic mass is 79.9. The number of carbonyl (C=O) groups excluding carboxylic acids is 2. The zero-order chi connectivity index (χ0) is 13.5. The van der Waals surface area contributed by atoms with Crippen LogP contribution in [0.2, 0.25) is 0 Å². The summed E-state index contributed by atoms with van der Waals surface area (Å²) < 4.78 is 5.55. The van der Waals surface area contributed by atoms with Gasteiger partial charge in [-0.1, -0.05) is 12.1 Å². The van der Waals surface area contributed by atoms with Gasteiger partial charge in [0.15, 0.2) is 0 Å². The Kier molecular flexibility index (Phi) is 5.85. The third-order valence-corrected chi connectivity index (χ3v) is 3.41. The summed E-state index contributed by atoms with van der Waals surface area (Å²) in [4.78, 5) is 23.0. The van der Waals surface area contributed by atoms with E-state index in [1.807, 2.05) is 19.1 Å². The molecule has 5 heteroatoms. The number of nitrogens with one attached hydrogen (secondary N) is 1. The van der Waals surface area contributed by atoms with Gasteiger partial charge in [-0.3, -0.25) is 9.59 Å². The van der Waals surface area contributed by atoms with E-state index < -0.39 is 0 Å². The highest BCUT2D eigenvalue weighted by Crippen LogP contribution is 2.20. The van der Waals surface area contributed by atoms with Crippen molar-refractivity contribution in [2.45, 2.75) is 20.3 Å². The van der Waals surface area contributed by atoms with Crippen LogP contribution < -0.4 is 5.32 Å². The molecule has 0 unspecified atom stereocenters. The van der Waals surface area contributed by atoms with Crippen LogP contribution in [0.15, 0.2) is 22.7 Å². The van der Waals surface area contributed by atoms with E-state index in [1.165, 1.54) is 0 Å². The van der Waals surface area contributed by atoms with Crippen LogP contribution in [0.4, 0.5) is 0 Å². The summed E-state index contributed by atoms with van der Waals surface area (Å²) in [7, 11) is 0. The second kappa shape index (κ2) is 7.16. The Morgan fingerprint density at radius 2 is 2.11 bits per heavy atom. The number of esters is 1. The number of hydrogen-bond acceptors (Lipinski definition) is 3. The van der Waals surface area contributed by atoms with E-state index in [1.54, 1.807) is 13.0 Å². The second-order valence-corrected chi connectivity index (χ2v) is 4.54. The lowest BCUT2D eigenvalue weighted by Gasteiger charge is -2.08. The molecule has 4 nitrogen and oxygen atoms in total. The predicted octanol–water partition coefficient (Wildman–Crippen LogP) is 2.44. The SMILES string of the molecule is CCOC(=O)CCNC(=O)c1cccc(C)c1Br. The molecule has 0 aliphatic heterocycles. The summed E-state index contributed by atoms with van der Waals surface area (Å²) in [6.45, 7) is 4.30. The van der Waals surface area contributed by atoms with Gasteiger partial charge in [0.25, 0.3) is 5.91 Å². The fourth-order valence-electron chi connectivity index (χ4n) is 1.43. The lowest BCUT2D eigenvalue weighted by molar-refractivity contribution is -0.142. The highest BCUT2D eigenvalue weighted by molar-refractivity contribution is 9.10. The van der Waals surface area contributed by atoms with Crippen LogP contribution in [0.3, 0.4) is 0 Å². The third kappa shape index (κ3) is 4.14. The maximum atomic E-state index is 11.9. The molecule has 1 amide bonds. The molecule has 1 aromatic carbocycles.